The lowest BCUT2D eigenvalue weighted by Gasteiger charge is -2.30. The zero-order chi connectivity index (χ0) is 9.97. The van der Waals surface area contributed by atoms with Crippen LogP contribution in [0.1, 0.15) is 0 Å². The van der Waals surface area contributed by atoms with Crippen molar-refractivity contribution in [2.75, 3.05) is 18.2 Å². The van der Waals surface area contributed by atoms with Crippen LogP contribution in [0, 0.1) is 5.82 Å². The van der Waals surface area contributed by atoms with Crippen LogP contribution in [0.15, 0.2) is 29.3 Å². The molecule has 1 aromatic carbocycles. The number of aliphatic imine (C=N–C) groups is 1. The normalized spacial score (nSPS) is 16.1. The second-order valence-corrected chi connectivity index (χ2v) is 3.11. The second kappa shape index (κ2) is 3.63. The number of nitrogens with two attached hydrogens (primary N) is 1. The molecule has 4 nitrogen and oxygen atoms in total. The minimum Gasteiger partial charge on any atom is -0.333 e. The molecule has 1 aromatic rings. The number of halogens is 1. The Morgan fingerprint density at radius 1 is 1.29 bits per heavy atom. The van der Waals surface area contributed by atoms with Gasteiger partial charge in [0.25, 0.3) is 0 Å². The Morgan fingerprint density at radius 2 is 2.00 bits per heavy atom. The molecule has 0 amide bonds. The maximum Gasteiger partial charge on any atom is 0.123 e. The molecule has 0 aliphatic carbocycles. The highest BCUT2D eigenvalue weighted by molar-refractivity contribution is 5.58. The second-order valence-electron chi connectivity index (χ2n) is 3.11. The van der Waals surface area contributed by atoms with Gasteiger partial charge >= 0.3 is 0 Å². The number of hydrazine groups is 1. The van der Waals surface area contributed by atoms with Crippen molar-refractivity contribution in [1.29, 1.82) is 0 Å². The molecule has 74 valence electrons. The Hall–Kier alpha value is -1.62. The van der Waals surface area contributed by atoms with Crippen LogP contribution in [0.3, 0.4) is 0 Å². The zero-order valence-corrected chi connectivity index (χ0v) is 7.60. The van der Waals surface area contributed by atoms with E-state index >= 15 is 0 Å². The molecule has 0 bridgehead atoms. The molecule has 0 fully saturated rings. The summed E-state index contributed by atoms with van der Waals surface area (Å²) in [4.78, 5) is 5.99. The Kier molecular flexibility index (Phi) is 2.32. The van der Waals surface area contributed by atoms with E-state index in [-0.39, 0.29) is 5.82 Å². The first-order valence-electron chi connectivity index (χ1n) is 4.27. The Morgan fingerprint density at radius 3 is 2.64 bits per heavy atom. The third kappa shape index (κ3) is 1.82. The van der Waals surface area contributed by atoms with Crippen LogP contribution in [0.25, 0.3) is 0 Å². The van der Waals surface area contributed by atoms with Crippen molar-refractivity contribution in [3.63, 3.8) is 0 Å². The lowest BCUT2D eigenvalue weighted by Crippen LogP contribution is -2.45. The summed E-state index contributed by atoms with van der Waals surface area (Å²) in [7, 11) is 0. The van der Waals surface area contributed by atoms with E-state index in [0.717, 1.165) is 5.69 Å². The van der Waals surface area contributed by atoms with Gasteiger partial charge in [0.15, 0.2) is 0 Å². The number of rotatable bonds is 1. The Labute approximate surface area is 81.4 Å². The number of anilines is 1. The molecule has 1 heterocycles. The van der Waals surface area contributed by atoms with Crippen molar-refractivity contribution in [2.45, 2.75) is 0 Å². The fraction of sp³-hybridized carbons (Fsp3) is 0.222. The van der Waals surface area contributed by atoms with Crippen molar-refractivity contribution in [3.05, 3.63) is 30.1 Å². The SMILES string of the molecule is NN1C=NCN(c2ccc(F)cc2)C1. The molecule has 5 heteroatoms. The van der Waals surface area contributed by atoms with Gasteiger partial charge in [-0.15, -0.1) is 0 Å². The van der Waals surface area contributed by atoms with E-state index in [1.165, 1.54) is 17.1 Å². The van der Waals surface area contributed by atoms with E-state index in [9.17, 15) is 4.39 Å². The predicted molar refractivity (Wildman–Crippen MR) is 53.1 cm³/mol. The highest BCUT2D eigenvalue weighted by atomic mass is 19.1. The van der Waals surface area contributed by atoms with Crippen LogP contribution in [-0.2, 0) is 0 Å². The molecular weight excluding hydrogens is 183 g/mol. The van der Waals surface area contributed by atoms with Gasteiger partial charge in [0.2, 0.25) is 0 Å². The van der Waals surface area contributed by atoms with E-state index in [2.05, 4.69) is 4.99 Å². The lowest BCUT2D eigenvalue weighted by atomic mass is 10.3. The number of nitrogens with zero attached hydrogens (tertiary/aromatic N) is 3. The van der Waals surface area contributed by atoms with Crippen molar-refractivity contribution in [1.82, 2.24) is 5.01 Å². The molecule has 0 spiro atoms. The molecule has 14 heavy (non-hydrogen) atoms. The Balaban J connectivity index is 2.15. The van der Waals surface area contributed by atoms with Gasteiger partial charge < -0.3 is 4.90 Å². The minimum absolute atomic E-state index is 0.237. The highest BCUT2D eigenvalue weighted by Crippen LogP contribution is 2.15. The third-order valence-corrected chi connectivity index (χ3v) is 2.01. The molecular formula is C9H11FN4. The average Bonchev–Trinajstić information content (AvgIpc) is 2.19. The maximum atomic E-state index is 12.6. The first-order chi connectivity index (χ1) is 6.75. The summed E-state index contributed by atoms with van der Waals surface area (Å²) in [6.45, 7) is 1.12. The number of hydrogen-bond donors (Lipinski definition) is 1. The zero-order valence-electron chi connectivity index (χ0n) is 7.60. The summed E-state index contributed by atoms with van der Waals surface area (Å²) < 4.78 is 12.6. The first kappa shape index (κ1) is 8.96. The van der Waals surface area contributed by atoms with Crippen LogP contribution in [0.4, 0.5) is 10.1 Å². The molecule has 0 radical (unpaired) electrons. The molecule has 0 saturated heterocycles. The van der Waals surface area contributed by atoms with Gasteiger partial charge in [0.1, 0.15) is 25.5 Å². The summed E-state index contributed by atoms with van der Waals surface area (Å²) in [6.07, 6.45) is 1.58. The largest absolute Gasteiger partial charge is 0.333 e. The van der Waals surface area contributed by atoms with Crippen molar-refractivity contribution < 1.29 is 4.39 Å². The van der Waals surface area contributed by atoms with Crippen molar-refractivity contribution >= 4 is 12.0 Å². The monoisotopic (exact) mass is 194 g/mol. The molecule has 2 rings (SSSR count). The molecule has 1 aliphatic heterocycles. The van der Waals surface area contributed by atoms with Crippen LogP contribution in [-0.4, -0.2) is 24.7 Å². The van der Waals surface area contributed by atoms with E-state index < -0.39 is 0 Å². The van der Waals surface area contributed by atoms with Crippen LogP contribution in [0.5, 0.6) is 0 Å². The van der Waals surface area contributed by atoms with E-state index in [1.54, 1.807) is 18.5 Å². The van der Waals surface area contributed by atoms with Gasteiger partial charge in [-0.1, -0.05) is 0 Å². The summed E-state index contributed by atoms with van der Waals surface area (Å²) >= 11 is 0. The molecule has 0 saturated carbocycles. The van der Waals surface area contributed by atoms with Gasteiger partial charge in [-0.25, -0.2) is 10.2 Å². The fourth-order valence-corrected chi connectivity index (χ4v) is 1.33. The fourth-order valence-electron chi connectivity index (χ4n) is 1.33. The van der Waals surface area contributed by atoms with E-state index in [4.69, 9.17) is 5.84 Å². The smallest absolute Gasteiger partial charge is 0.123 e. The van der Waals surface area contributed by atoms with E-state index in [0.29, 0.717) is 13.3 Å². The molecule has 2 N–H and O–H groups in total. The topological polar surface area (TPSA) is 44.9 Å². The van der Waals surface area contributed by atoms with Gasteiger partial charge in [0, 0.05) is 5.69 Å². The molecule has 1 aliphatic rings. The standard InChI is InChI=1S/C9H11FN4/c10-8-1-3-9(4-2-8)13-5-12-6-14(11)7-13/h1-4,6H,5,7,11H2. The summed E-state index contributed by atoms with van der Waals surface area (Å²) in [5.74, 6) is 5.32. The van der Waals surface area contributed by atoms with Gasteiger partial charge in [-0.05, 0) is 24.3 Å². The predicted octanol–water partition coefficient (Wildman–Crippen LogP) is 0.765. The van der Waals surface area contributed by atoms with E-state index in [1.807, 2.05) is 4.90 Å². The van der Waals surface area contributed by atoms with Crippen LogP contribution < -0.4 is 10.7 Å². The van der Waals surface area contributed by atoms with Crippen molar-refractivity contribution in [2.24, 2.45) is 10.8 Å². The summed E-state index contributed by atoms with van der Waals surface area (Å²) in [5.41, 5.74) is 0.915. The summed E-state index contributed by atoms with van der Waals surface area (Å²) in [5, 5.41) is 1.48. The molecule has 0 aromatic heterocycles. The van der Waals surface area contributed by atoms with Crippen LogP contribution >= 0.6 is 0 Å². The quantitative estimate of drug-likeness (QED) is 0.671. The lowest BCUT2D eigenvalue weighted by molar-refractivity contribution is 0.425. The first-order valence-corrected chi connectivity index (χ1v) is 4.27. The number of hydrogen-bond acceptors (Lipinski definition) is 4. The maximum absolute atomic E-state index is 12.6. The van der Waals surface area contributed by atoms with Gasteiger partial charge in [-0.2, -0.15) is 0 Å². The van der Waals surface area contributed by atoms with Crippen molar-refractivity contribution in [3.8, 4) is 0 Å². The number of benzene rings is 1. The van der Waals surface area contributed by atoms with Crippen LogP contribution in [0.2, 0.25) is 0 Å². The average molecular weight is 194 g/mol. The molecule has 0 atom stereocenters. The third-order valence-electron chi connectivity index (χ3n) is 2.01. The summed E-state index contributed by atoms with van der Waals surface area (Å²) in [6, 6.07) is 6.27. The van der Waals surface area contributed by atoms with Gasteiger partial charge in [0.05, 0.1) is 0 Å². The Bertz CT molecular complexity index is 335. The minimum atomic E-state index is -0.237. The van der Waals surface area contributed by atoms with Gasteiger partial charge in [-0.3, -0.25) is 10.0 Å². The molecule has 0 unspecified atom stereocenters. The highest BCUT2D eigenvalue weighted by Gasteiger charge is 2.10.